The Hall–Kier alpha value is -3.13. The van der Waals surface area contributed by atoms with Gasteiger partial charge in [0, 0.05) is 11.5 Å². The minimum atomic E-state index is -0.642. The number of H-pyrrole nitrogens is 1. The second kappa shape index (κ2) is 7.71. The molecule has 1 atom stereocenters. The van der Waals surface area contributed by atoms with Crippen molar-refractivity contribution in [1.29, 1.82) is 0 Å². The average Bonchev–Trinajstić information content (AvgIpc) is 2.77. The predicted octanol–water partition coefficient (Wildman–Crippen LogP) is 2.76. The molecule has 0 aliphatic carbocycles. The molecule has 1 aliphatic rings. The number of nitrogens with zero attached hydrogens (tertiary/aromatic N) is 3. The molecular weight excluding hydrogens is 388 g/mol. The lowest BCUT2D eigenvalue weighted by Gasteiger charge is -2.32. The van der Waals surface area contributed by atoms with Gasteiger partial charge < -0.3 is 4.74 Å². The van der Waals surface area contributed by atoms with Crippen LogP contribution in [-0.4, -0.2) is 29.4 Å². The fourth-order valence-corrected chi connectivity index (χ4v) is 4.03. The van der Waals surface area contributed by atoms with Crippen LogP contribution in [0.15, 0.2) is 58.5 Å². The van der Waals surface area contributed by atoms with Crippen molar-refractivity contribution in [2.45, 2.75) is 24.7 Å². The number of fused-ring (bicyclic) bond motifs is 3. The molecule has 2 heterocycles. The van der Waals surface area contributed by atoms with Crippen LogP contribution in [0, 0.1) is 0 Å². The Morgan fingerprint density at radius 2 is 1.97 bits per heavy atom. The van der Waals surface area contributed by atoms with Crippen molar-refractivity contribution < 1.29 is 14.2 Å². The van der Waals surface area contributed by atoms with Gasteiger partial charge in [-0.2, -0.15) is 0 Å². The third-order valence-electron chi connectivity index (χ3n) is 4.94. The number of hydrogen-bond donors (Lipinski definition) is 1. The van der Waals surface area contributed by atoms with E-state index in [0.29, 0.717) is 34.3 Å². The van der Waals surface area contributed by atoms with E-state index in [1.54, 1.807) is 16.7 Å². The highest BCUT2D eigenvalue weighted by molar-refractivity contribution is 7.98. The lowest BCUT2D eigenvalue weighted by molar-refractivity contribution is -0.763. The van der Waals surface area contributed by atoms with Gasteiger partial charge in [0.2, 0.25) is 11.1 Å². The summed E-state index contributed by atoms with van der Waals surface area (Å²) in [6.45, 7) is 1.82. The highest BCUT2D eigenvalue weighted by Gasteiger charge is 2.46. The lowest BCUT2D eigenvalue weighted by Crippen LogP contribution is -2.60. The number of methoxy groups -OCH3 is 1. The topological polar surface area (TPSA) is 79.2 Å². The van der Waals surface area contributed by atoms with Gasteiger partial charge in [0.05, 0.1) is 23.9 Å². The monoisotopic (exact) mass is 409 g/mol. The summed E-state index contributed by atoms with van der Waals surface area (Å²) in [5, 5.41) is 5.14. The number of carbonyl (C=O) groups is 1. The molecule has 29 heavy (non-hydrogen) atoms. The zero-order chi connectivity index (χ0) is 20.5. The summed E-state index contributed by atoms with van der Waals surface area (Å²) in [6, 6.07) is 14.9. The molecule has 8 heteroatoms. The van der Waals surface area contributed by atoms with Crippen molar-refractivity contribution in [2.75, 3.05) is 18.3 Å². The third-order valence-corrected chi connectivity index (χ3v) is 5.51. The molecule has 0 unspecified atom stereocenters. The smallest absolute Gasteiger partial charge is 0.325 e. The molecule has 1 amide bonds. The first-order valence-corrected chi connectivity index (χ1v) is 10.5. The molecule has 3 aromatic rings. The Morgan fingerprint density at radius 1 is 1.24 bits per heavy atom. The Morgan fingerprint density at radius 3 is 2.69 bits per heavy atom. The number of rotatable bonds is 4. The molecule has 1 aromatic heterocycles. The van der Waals surface area contributed by atoms with Crippen molar-refractivity contribution in [3.8, 4) is 17.0 Å². The molecular formula is C21H21N4O3S+. The van der Waals surface area contributed by atoms with Crippen LogP contribution < -0.4 is 19.9 Å². The average molecular weight is 409 g/mol. The molecule has 0 spiro atoms. The Kier molecular flexibility index (Phi) is 5.10. The number of amides is 1. The third kappa shape index (κ3) is 3.09. The van der Waals surface area contributed by atoms with Gasteiger partial charge in [0.25, 0.3) is 6.17 Å². The van der Waals surface area contributed by atoms with Crippen LogP contribution in [0.1, 0.15) is 25.1 Å². The number of hydrogen-bond acceptors (Lipinski definition) is 5. The van der Waals surface area contributed by atoms with Crippen LogP contribution in [0.5, 0.6) is 5.75 Å². The molecule has 0 fully saturated rings. The summed E-state index contributed by atoms with van der Waals surface area (Å²) < 4.78 is 7.22. The molecule has 1 N–H and O–H groups in total. The van der Waals surface area contributed by atoms with E-state index < -0.39 is 6.17 Å². The fraction of sp³-hybridized carbons (Fsp3) is 0.238. The zero-order valence-corrected chi connectivity index (χ0v) is 17.2. The van der Waals surface area contributed by atoms with Crippen LogP contribution >= 0.6 is 11.8 Å². The SMILES string of the molecule is CCC(=O)N1c2ccccc2-c2c(=O)[nH]c(SC)n[n+]2[C@H]1c1ccccc1OC. The summed E-state index contributed by atoms with van der Waals surface area (Å²) in [7, 11) is 1.59. The quantitative estimate of drug-likeness (QED) is 0.530. The van der Waals surface area contributed by atoms with Crippen LogP contribution in [0.2, 0.25) is 0 Å². The number of ether oxygens (including phenoxy) is 1. The predicted molar refractivity (Wildman–Crippen MR) is 111 cm³/mol. The Labute approximate surface area is 172 Å². The number of nitrogens with one attached hydrogen (secondary N) is 1. The molecule has 0 saturated carbocycles. The van der Waals surface area contributed by atoms with Gasteiger partial charge in [-0.05, 0) is 35.2 Å². The van der Waals surface area contributed by atoms with Gasteiger partial charge in [-0.1, -0.05) is 43.0 Å². The maximum Gasteiger partial charge on any atom is 0.325 e. The largest absolute Gasteiger partial charge is 0.496 e. The highest BCUT2D eigenvalue weighted by atomic mass is 32.2. The molecule has 0 bridgehead atoms. The van der Waals surface area contributed by atoms with Gasteiger partial charge in [0.1, 0.15) is 5.75 Å². The number of aromatic nitrogens is 3. The second-order valence-corrected chi connectivity index (χ2v) is 7.30. The molecule has 0 saturated heterocycles. The number of carbonyl (C=O) groups excluding carboxylic acids is 1. The first kappa shape index (κ1) is 19.2. The van der Waals surface area contributed by atoms with E-state index in [4.69, 9.17) is 4.74 Å². The van der Waals surface area contributed by atoms with Gasteiger partial charge in [-0.25, -0.2) is 4.90 Å². The van der Waals surface area contributed by atoms with Crippen molar-refractivity contribution >= 4 is 23.4 Å². The lowest BCUT2D eigenvalue weighted by atomic mass is 10.0. The van der Waals surface area contributed by atoms with Crippen molar-refractivity contribution in [1.82, 2.24) is 10.1 Å². The van der Waals surface area contributed by atoms with E-state index in [0.717, 1.165) is 5.56 Å². The summed E-state index contributed by atoms with van der Waals surface area (Å²) in [4.78, 5) is 30.7. The van der Waals surface area contributed by atoms with Gasteiger partial charge in [-0.3, -0.25) is 14.6 Å². The van der Waals surface area contributed by atoms with E-state index >= 15 is 0 Å². The van der Waals surface area contributed by atoms with Gasteiger partial charge in [0.15, 0.2) is 0 Å². The van der Waals surface area contributed by atoms with E-state index in [-0.39, 0.29) is 11.5 Å². The molecule has 1 aliphatic heterocycles. The van der Waals surface area contributed by atoms with Crippen LogP contribution in [0.4, 0.5) is 5.69 Å². The molecule has 4 rings (SSSR count). The molecule has 148 valence electrons. The van der Waals surface area contributed by atoms with E-state index in [2.05, 4.69) is 10.1 Å². The van der Waals surface area contributed by atoms with Crippen molar-refractivity contribution in [3.05, 3.63) is 64.4 Å². The Balaban J connectivity index is 2.11. The highest BCUT2D eigenvalue weighted by Crippen LogP contribution is 2.39. The number of para-hydroxylation sites is 2. The first-order valence-electron chi connectivity index (χ1n) is 9.25. The molecule has 7 nitrogen and oxygen atoms in total. The molecule has 0 radical (unpaired) electrons. The van der Waals surface area contributed by atoms with Crippen molar-refractivity contribution in [2.24, 2.45) is 0 Å². The fourth-order valence-electron chi connectivity index (χ4n) is 3.66. The summed E-state index contributed by atoms with van der Waals surface area (Å²) in [6.07, 6.45) is 1.51. The van der Waals surface area contributed by atoms with Gasteiger partial charge >= 0.3 is 11.3 Å². The number of anilines is 1. The van der Waals surface area contributed by atoms with Crippen LogP contribution in [0.3, 0.4) is 0 Å². The standard InChI is InChI=1S/C21H20N4O3S/c1-4-17(26)24-15-11-7-5-9-13(15)18-19(27)22-21(29-3)23-25(18)20(24)14-10-6-8-12-16(14)28-2/h5-12,20H,4H2,1-3H3/p+1/t20-/m0/s1. The van der Waals surface area contributed by atoms with Gasteiger partial charge in [-0.15, -0.1) is 0 Å². The van der Waals surface area contributed by atoms with E-state index in [1.165, 1.54) is 11.8 Å². The zero-order valence-electron chi connectivity index (χ0n) is 16.4. The number of aromatic amines is 1. The number of benzene rings is 2. The van der Waals surface area contributed by atoms with Crippen molar-refractivity contribution in [3.63, 3.8) is 0 Å². The Bertz CT molecular complexity index is 1140. The summed E-state index contributed by atoms with van der Waals surface area (Å²) in [5.74, 6) is 0.552. The van der Waals surface area contributed by atoms with Crippen LogP contribution in [0.25, 0.3) is 11.3 Å². The number of thioether (sulfide) groups is 1. The summed E-state index contributed by atoms with van der Waals surface area (Å²) >= 11 is 1.34. The van der Waals surface area contributed by atoms with Crippen LogP contribution in [-0.2, 0) is 4.79 Å². The normalized spacial score (nSPS) is 14.9. The molecule has 2 aromatic carbocycles. The minimum absolute atomic E-state index is 0.0701. The minimum Gasteiger partial charge on any atom is -0.496 e. The maximum absolute atomic E-state index is 13.1. The van der Waals surface area contributed by atoms with E-state index in [1.807, 2.05) is 61.7 Å². The maximum atomic E-state index is 13.1. The van der Waals surface area contributed by atoms with E-state index in [9.17, 15) is 9.59 Å². The summed E-state index contributed by atoms with van der Waals surface area (Å²) in [5.41, 5.74) is 2.26. The second-order valence-electron chi connectivity index (χ2n) is 6.51. The first-order chi connectivity index (χ1) is 14.1.